The SMILES string of the molecule is CSc1ccc(CNc2nc3c(C)nc(-c4c(C)ncnc4C4CC4)nc3n(C(C)C3CC3)c2=O)cc1. The first-order chi connectivity index (χ1) is 17.9. The molecule has 8 nitrogen and oxygen atoms in total. The molecule has 9 heteroatoms. The van der Waals surface area contributed by atoms with Gasteiger partial charge in [-0.25, -0.2) is 24.9 Å². The van der Waals surface area contributed by atoms with Gasteiger partial charge >= 0.3 is 0 Å². The summed E-state index contributed by atoms with van der Waals surface area (Å²) in [7, 11) is 0. The van der Waals surface area contributed by atoms with Crippen molar-refractivity contribution in [1.29, 1.82) is 0 Å². The van der Waals surface area contributed by atoms with E-state index in [-0.39, 0.29) is 11.6 Å². The van der Waals surface area contributed by atoms with E-state index in [0.717, 1.165) is 53.9 Å². The molecule has 3 heterocycles. The van der Waals surface area contributed by atoms with Gasteiger partial charge in [-0.1, -0.05) is 12.1 Å². The molecule has 0 radical (unpaired) electrons. The van der Waals surface area contributed by atoms with Crippen molar-refractivity contribution >= 4 is 28.7 Å². The second-order valence-corrected chi connectivity index (χ2v) is 11.1. The van der Waals surface area contributed by atoms with Crippen molar-refractivity contribution in [2.45, 2.75) is 69.9 Å². The molecule has 0 amide bonds. The number of anilines is 1. The van der Waals surface area contributed by atoms with Gasteiger partial charge in [0, 0.05) is 23.4 Å². The number of hydrogen-bond acceptors (Lipinski definition) is 8. The first-order valence-corrected chi connectivity index (χ1v) is 14.2. The van der Waals surface area contributed by atoms with E-state index in [1.165, 1.54) is 4.90 Å². The molecule has 0 saturated heterocycles. The second-order valence-electron chi connectivity index (χ2n) is 10.2. The third-order valence-electron chi connectivity index (χ3n) is 7.50. The first-order valence-electron chi connectivity index (χ1n) is 12.9. The summed E-state index contributed by atoms with van der Waals surface area (Å²) in [6.45, 7) is 6.55. The van der Waals surface area contributed by atoms with Gasteiger partial charge in [0.1, 0.15) is 11.8 Å². The van der Waals surface area contributed by atoms with E-state index in [9.17, 15) is 4.79 Å². The molecule has 0 spiro atoms. The fraction of sp³-hybridized carbons (Fsp3) is 0.429. The molecular weight excluding hydrogens is 482 g/mol. The number of thioether (sulfide) groups is 1. The Balaban J connectivity index is 1.47. The van der Waals surface area contributed by atoms with Crippen LogP contribution in [0.15, 0.2) is 40.3 Å². The fourth-order valence-corrected chi connectivity index (χ4v) is 5.39. The molecule has 0 aliphatic heterocycles. The lowest BCUT2D eigenvalue weighted by Crippen LogP contribution is -2.29. The Labute approximate surface area is 220 Å². The summed E-state index contributed by atoms with van der Waals surface area (Å²) < 4.78 is 1.84. The molecule has 1 N–H and O–H groups in total. The highest BCUT2D eigenvalue weighted by atomic mass is 32.2. The van der Waals surface area contributed by atoms with Crippen LogP contribution >= 0.6 is 11.8 Å². The molecule has 2 aliphatic carbocycles. The minimum atomic E-state index is -0.139. The standard InChI is InChI=1S/C28H31N7OS/c1-15-22(24(20-9-10-20)31-14-30-15)25-32-16(2)23-27(34-25)35(17(3)19-7-8-19)28(36)26(33-23)29-13-18-5-11-21(37-4)12-6-18/h5-6,11-12,14,17,19-20H,7-10,13H2,1-4H3,(H,29,33). The van der Waals surface area contributed by atoms with Gasteiger partial charge in [-0.3, -0.25) is 9.36 Å². The molecule has 37 heavy (non-hydrogen) atoms. The van der Waals surface area contributed by atoms with Gasteiger partial charge in [-0.15, -0.1) is 11.8 Å². The average molecular weight is 514 g/mol. The van der Waals surface area contributed by atoms with Crippen molar-refractivity contribution in [2.75, 3.05) is 11.6 Å². The largest absolute Gasteiger partial charge is 0.361 e. The van der Waals surface area contributed by atoms with Gasteiger partial charge < -0.3 is 5.32 Å². The van der Waals surface area contributed by atoms with Crippen LogP contribution in [0.5, 0.6) is 0 Å². The minimum absolute atomic E-state index is 0.0255. The van der Waals surface area contributed by atoms with E-state index < -0.39 is 0 Å². The van der Waals surface area contributed by atoms with Gasteiger partial charge in [0.2, 0.25) is 0 Å². The van der Waals surface area contributed by atoms with Gasteiger partial charge in [-0.2, -0.15) is 0 Å². The lowest BCUT2D eigenvalue weighted by molar-refractivity contribution is 0.482. The minimum Gasteiger partial charge on any atom is -0.361 e. The highest BCUT2D eigenvalue weighted by Gasteiger charge is 2.33. The molecule has 0 bridgehead atoms. The number of benzene rings is 1. The molecule has 1 aromatic carbocycles. The van der Waals surface area contributed by atoms with E-state index in [2.05, 4.69) is 52.7 Å². The number of aryl methyl sites for hydroxylation is 2. The topological polar surface area (TPSA) is 98.5 Å². The first kappa shape index (κ1) is 24.0. The predicted molar refractivity (Wildman–Crippen MR) is 147 cm³/mol. The maximum absolute atomic E-state index is 13.8. The maximum Gasteiger partial charge on any atom is 0.295 e. The van der Waals surface area contributed by atoms with E-state index in [1.54, 1.807) is 18.1 Å². The van der Waals surface area contributed by atoms with Crippen molar-refractivity contribution < 1.29 is 0 Å². The Hall–Kier alpha value is -3.33. The number of rotatable bonds is 8. The highest BCUT2D eigenvalue weighted by molar-refractivity contribution is 7.98. The molecule has 6 rings (SSSR count). The molecule has 1 atom stereocenters. The zero-order valence-corrected chi connectivity index (χ0v) is 22.5. The van der Waals surface area contributed by atoms with Gasteiger partial charge in [0.05, 0.1) is 22.6 Å². The summed E-state index contributed by atoms with van der Waals surface area (Å²) in [5.74, 6) is 1.82. The van der Waals surface area contributed by atoms with Crippen LogP contribution in [-0.2, 0) is 6.54 Å². The van der Waals surface area contributed by atoms with Crippen molar-refractivity contribution in [3.8, 4) is 11.4 Å². The second kappa shape index (κ2) is 9.52. The van der Waals surface area contributed by atoms with E-state index >= 15 is 0 Å². The molecule has 3 aromatic heterocycles. The Morgan fingerprint density at radius 1 is 1.03 bits per heavy atom. The van der Waals surface area contributed by atoms with Crippen molar-refractivity contribution in [2.24, 2.45) is 5.92 Å². The summed E-state index contributed by atoms with van der Waals surface area (Å²) >= 11 is 1.71. The quantitative estimate of drug-likeness (QED) is 0.311. The molecule has 190 valence electrons. The number of hydrogen-bond donors (Lipinski definition) is 1. The van der Waals surface area contributed by atoms with Crippen LogP contribution in [0.1, 0.15) is 67.2 Å². The van der Waals surface area contributed by atoms with Crippen molar-refractivity contribution in [1.82, 2.24) is 29.5 Å². The molecule has 2 fully saturated rings. The summed E-state index contributed by atoms with van der Waals surface area (Å²) in [6, 6.07) is 8.36. The summed E-state index contributed by atoms with van der Waals surface area (Å²) in [5, 5.41) is 3.30. The normalized spacial score (nSPS) is 16.2. The molecule has 1 unspecified atom stereocenters. The number of nitrogens with zero attached hydrogens (tertiary/aromatic N) is 6. The monoisotopic (exact) mass is 513 g/mol. The van der Waals surface area contributed by atoms with Crippen LogP contribution in [0.25, 0.3) is 22.6 Å². The van der Waals surface area contributed by atoms with Crippen LogP contribution in [0.3, 0.4) is 0 Å². The van der Waals surface area contributed by atoms with Crippen LogP contribution in [-0.4, -0.2) is 35.7 Å². The number of aromatic nitrogens is 6. The third kappa shape index (κ3) is 4.61. The van der Waals surface area contributed by atoms with Crippen LogP contribution in [0, 0.1) is 19.8 Å². The molecular formula is C28H31N7OS. The van der Waals surface area contributed by atoms with E-state index in [0.29, 0.717) is 41.2 Å². The van der Waals surface area contributed by atoms with Crippen LogP contribution < -0.4 is 10.9 Å². The Kier molecular flexibility index (Phi) is 6.18. The van der Waals surface area contributed by atoms with Gasteiger partial charge in [0.15, 0.2) is 17.3 Å². The van der Waals surface area contributed by atoms with Crippen LogP contribution in [0.2, 0.25) is 0 Å². The zero-order valence-electron chi connectivity index (χ0n) is 21.7. The third-order valence-corrected chi connectivity index (χ3v) is 8.24. The van der Waals surface area contributed by atoms with Crippen molar-refractivity contribution in [3.05, 3.63) is 63.6 Å². The fourth-order valence-electron chi connectivity index (χ4n) is 4.98. The van der Waals surface area contributed by atoms with Crippen LogP contribution in [0.4, 0.5) is 5.82 Å². The summed E-state index contributed by atoms with van der Waals surface area (Å²) in [4.78, 5) is 38.7. The summed E-state index contributed by atoms with van der Waals surface area (Å²) in [5.41, 5.74) is 5.70. The van der Waals surface area contributed by atoms with Gasteiger partial charge in [0.25, 0.3) is 5.56 Å². The van der Waals surface area contributed by atoms with Gasteiger partial charge in [-0.05, 0) is 76.3 Å². The molecule has 4 aromatic rings. The Morgan fingerprint density at radius 2 is 1.78 bits per heavy atom. The number of fused-ring (bicyclic) bond motifs is 1. The summed E-state index contributed by atoms with van der Waals surface area (Å²) in [6.07, 6.45) is 8.17. The van der Waals surface area contributed by atoms with E-state index in [4.69, 9.17) is 15.0 Å². The Morgan fingerprint density at radius 3 is 2.46 bits per heavy atom. The zero-order chi connectivity index (χ0) is 25.7. The molecule has 2 aliphatic rings. The predicted octanol–water partition coefficient (Wildman–Crippen LogP) is 5.44. The molecule has 2 saturated carbocycles. The maximum atomic E-state index is 13.8. The lowest BCUT2D eigenvalue weighted by atomic mass is 10.1. The lowest BCUT2D eigenvalue weighted by Gasteiger charge is -2.20. The van der Waals surface area contributed by atoms with E-state index in [1.807, 2.05) is 18.4 Å². The smallest absolute Gasteiger partial charge is 0.295 e. The highest BCUT2D eigenvalue weighted by Crippen LogP contribution is 2.44. The van der Waals surface area contributed by atoms with Crippen molar-refractivity contribution in [3.63, 3.8) is 0 Å². The Bertz CT molecular complexity index is 1540. The number of nitrogens with one attached hydrogen (secondary N) is 1. The average Bonchev–Trinajstić information content (AvgIpc) is 3.81.